The van der Waals surface area contributed by atoms with Crippen LogP contribution in [0.25, 0.3) is 11.0 Å². The van der Waals surface area contributed by atoms with Crippen LogP contribution in [0.1, 0.15) is 6.92 Å². The van der Waals surface area contributed by atoms with Gasteiger partial charge in [-0.3, -0.25) is 9.48 Å². The molecule has 0 aromatic carbocycles. The van der Waals surface area contributed by atoms with Gasteiger partial charge in [0.25, 0.3) is 0 Å². The van der Waals surface area contributed by atoms with Crippen molar-refractivity contribution in [3.63, 3.8) is 0 Å². The summed E-state index contributed by atoms with van der Waals surface area (Å²) >= 11 is 0. The fraction of sp³-hybridized carbons (Fsp3) is 0.500. The quantitative estimate of drug-likeness (QED) is 0.762. The third-order valence-electron chi connectivity index (χ3n) is 3.76. The van der Waals surface area contributed by atoms with E-state index in [0.717, 1.165) is 5.39 Å². The van der Waals surface area contributed by atoms with E-state index in [4.69, 9.17) is 5.73 Å². The molecular formula is C12H17N7O. The number of likely N-dealkylation sites (N-methyl/N-ethyl adjacent to an activating group) is 1. The Kier molecular flexibility index (Phi) is 2.73. The van der Waals surface area contributed by atoms with Crippen molar-refractivity contribution in [2.45, 2.75) is 13.0 Å². The molecule has 1 aliphatic heterocycles. The average Bonchev–Trinajstić information content (AvgIpc) is 2.78. The highest BCUT2D eigenvalue weighted by Gasteiger charge is 2.29. The van der Waals surface area contributed by atoms with E-state index in [0.29, 0.717) is 24.0 Å². The molecule has 2 N–H and O–H groups in total. The fourth-order valence-corrected chi connectivity index (χ4v) is 2.35. The number of nitrogen functional groups attached to an aromatic ring is 1. The first-order valence-electron chi connectivity index (χ1n) is 6.43. The number of nitrogens with two attached hydrogens (primary N) is 1. The van der Waals surface area contributed by atoms with Crippen LogP contribution in [-0.2, 0) is 11.8 Å². The molecule has 1 amide bonds. The maximum absolute atomic E-state index is 11.9. The van der Waals surface area contributed by atoms with Crippen molar-refractivity contribution in [3.8, 4) is 0 Å². The molecule has 1 saturated heterocycles. The minimum atomic E-state index is 0.0519. The topological polar surface area (TPSA) is 93.2 Å². The summed E-state index contributed by atoms with van der Waals surface area (Å²) in [7, 11) is 3.61. The van der Waals surface area contributed by atoms with E-state index >= 15 is 0 Å². The molecule has 0 saturated carbocycles. The number of hydrogen-bond acceptors (Lipinski definition) is 6. The predicted molar refractivity (Wildman–Crippen MR) is 75.2 cm³/mol. The second-order valence-electron chi connectivity index (χ2n) is 5.15. The Bertz CT molecular complexity index is 680. The number of aromatic nitrogens is 4. The SMILES string of the molecule is CC1CN(c2nc(N)c3cnn(C)c3n2)CC(=O)N1C. The number of hydrogen-bond donors (Lipinski definition) is 1. The van der Waals surface area contributed by atoms with Crippen LogP contribution < -0.4 is 10.6 Å². The third kappa shape index (κ3) is 1.84. The fourth-order valence-electron chi connectivity index (χ4n) is 2.35. The number of amides is 1. The normalized spacial score (nSPS) is 19.9. The highest BCUT2D eigenvalue weighted by Crippen LogP contribution is 2.22. The molecule has 1 aliphatic rings. The second-order valence-corrected chi connectivity index (χ2v) is 5.15. The molecule has 8 heteroatoms. The summed E-state index contributed by atoms with van der Waals surface area (Å²) in [6, 6.07) is 0.114. The Labute approximate surface area is 116 Å². The Morgan fingerprint density at radius 1 is 1.35 bits per heavy atom. The van der Waals surface area contributed by atoms with Gasteiger partial charge in [0.2, 0.25) is 11.9 Å². The van der Waals surface area contributed by atoms with E-state index in [2.05, 4.69) is 15.1 Å². The number of rotatable bonds is 1. The van der Waals surface area contributed by atoms with Crippen molar-refractivity contribution in [1.29, 1.82) is 0 Å². The largest absolute Gasteiger partial charge is 0.383 e. The van der Waals surface area contributed by atoms with Gasteiger partial charge in [0.1, 0.15) is 12.4 Å². The smallest absolute Gasteiger partial charge is 0.242 e. The van der Waals surface area contributed by atoms with E-state index in [1.807, 2.05) is 18.9 Å². The lowest BCUT2D eigenvalue weighted by molar-refractivity contribution is -0.131. The Balaban J connectivity index is 2.02. The summed E-state index contributed by atoms with van der Waals surface area (Å²) in [5, 5.41) is 4.85. The number of aryl methyl sites for hydroxylation is 1. The number of carbonyl (C=O) groups is 1. The molecule has 3 rings (SSSR count). The Hall–Kier alpha value is -2.38. The van der Waals surface area contributed by atoms with E-state index in [-0.39, 0.29) is 18.5 Å². The molecule has 1 unspecified atom stereocenters. The lowest BCUT2D eigenvalue weighted by Gasteiger charge is -2.37. The van der Waals surface area contributed by atoms with Crippen LogP contribution in [0.3, 0.4) is 0 Å². The first kappa shape index (κ1) is 12.6. The van der Waals surface area contributed by atoms with Crippen molar-refractivity contribution < 1.29 is 4.79 Å². The molecular weight excluding hydrogens is 258 g/mol. The van der Waals surface area contributed by atoms with E-state index in [1.54, 1.807) is 22.8 Å². The van der Waals surface area contributed by atoms with Crippen LogP contribution in [0.15, 0.2) is 6.20 Å². The Morgan fingerprint density at radius 2 is 2.10 bits per heavy atom. The lowest BCUT2D eigenvalue weighted by Crippen LogP contribution is -2.54. The number of fused-ring (bicyclic) bond motifs is 1. The van der Waals surface area contributed by atoms with Gasteiger partial charge in [0, 0.05) is 26.7 Å². The van der Waals surface area contributed by atoms with Gasteiger partial charge in [-0.15, -0.1) is 0 Å². The molecule has 3 heterocycles. The zero-order chi connectivity index (χ0) is 14.4. The van der Waals surface area contributed by atoms with Crippen LogP contribution >= 0.6 is 0 Å². The van der Waals surface area contributed by atoms with Crippen LogP contribution in [0, 0.1) is 0 Å². The van der Waals surface area contributed by atoms with Gasteiger partial charge in [0.15, 0.2) is 5.65 Å². The number of piperazine rings is 1. The van der Waals surface area contributed by atoms with Crippen molar-refractivity contribution in [3.05, 3.63) is 6.20 Å². The number of anilines is 2. The summed E-state index contributed by atoms with van der Waals surface area (Å²) in [5.74, 6) is 0.917. The highest BCUT2D eigenvalue weighted by atomic mass is 16.2. The zero-order valence-corrected chi connectivity index (χ0v) is 11.7. The van der Waals surface area contributed by atoms with Crippen molar-refractivity contribution in [2.24, 2.45) is 7.05 Å². The van der Waals surface area contributed by atoms with E-state index in [9.17, 15) is 4.79 Å². The van der Waals surface area contributed by atoms with Crippen molar-refractivity contribution in [1.82, 2.24) is 24.6 Å². The molecule has 1 atom stereocenters. The summed E-state index contributed by atoms with van der Waals surface area (Å²) in [6.07, 6.45) is 1.65. The average molecular weight is 275 g/mol. The van der Waals surface area contributed by atoms with Crippen LogP contribution in [0.2, 0.25) is 0 Å². The van der Waals surface area contributed by atoms with Crippen LogP contribution in [0.4, 0.5) is 11.8 Å². The predicted octanol–water partition coefficient (Wildman–Crippen LogP) is -0.388. The third-order valence-corrected chi connectivity index (χ3v) is 3.76. The second kappa shape index (κ2) is 4.32. The van der Waals surface area contributed by atoms with Gasteiger partial charge in [-0.05, 0) is 6.92 Å². The monoisotopic (exact) mass is 275 g/mol. The number of nitrogens with zero attached hydrogens (tertiary/aromatic N) is 6. The summed E-state index contributed by atoms with van der Waals surface area (Å²) in [5.41, 5.74) is 6.62. The maximum Gasteiger partial charge on any atom is 0.242 e. The van der Waals surface area contributed by atoms with Crippen LogP contribution in [0.5, 0.6) is 0 Å². The molecule has 2 aromatic rings. The van der Waals surface area contributed by atoms with Gasteiger partial charge in [-0.2, -0.15) is 15.1 Å². The first-order chi connectivity index (χ1) is 9.47. The molecule has 20 heavy (non-hydrogen) atoms. The Morgan fingerprint density at radius 3 is 2.80 bits per heavy atom. The van der Waals surface area contributed by atoms with Crippen LogP contribution in [-0.4, -0.2) is 56.7 Å². The summed E-state index contributed by atoms with van der Waals surface area (Å²) in [4.78, 5) is 24.3. The molecule has 1 fully saturated rings. The van der Waals surface area contributed by atoms with E-state index in [1.165, 1.54) is 0 Å². The lowest BCUT2D eigenvalue weighted by atomic mass is 10.2. The molecule has 0 radical (unpaired) electrons. The van der Waals surface area contributed by atoms with Gasteiger partial charge in [-0.25, -0.2) is 0 Å². The van der Waals surface area contributed by atoms with Crippen molar-refractivity contribution in [2.75, 3.05) is 30.8 Å². The van der Waals surface area contributed by atoms with Crippen molar-refractivity contribution >= 4 is 28.7 Å². The molecule has 8 nitrogen and oxygen atoms in total. The minimum absolute atomic E-state index is 0.0519. The van der Waals surface area contributed by atoms with Gasteiger partial charge in [-0.1, -0.05) is 0 Å². The first-order valence-corrected chi connectivity index (χ1v) is 6.43. The molecule has 0 bridgehead atoms. The molecule has 0 spiro atoms. The van der Waals surface area contributed by atoms with E-state index < -0.39 is 0 Å². The van der Waals surface area contributed by atoms with Gasteiger partial charge >= 0.3 is 0 Å². The minimum Gasteiger partial charge on any atom is -0.383 e. The maximum atomic E-state index is 11.9. The van der Waals surface area contributed by atoms with Gasteiger partial charge in [0.05, 0.1) is 11.6 Å². The molecule has 2 aromatic heterocycles. The molecule has 0 aliphatic carbocycles. The highest BCUT2D eigenvalue weighted by molar-refractivity contribution is 5.87. The standard InChI is InChI=1S/C12H17N7O/c1-7-5-19(6-9(20)17(7)2)12-15-10(13)8-4-14-18(3)11(8)16-12/h4,7H,5-6H2,1-3H3,(H2,13,15,16). The zero-order valence-electron chi connectivity index (χ0n) is 11.7. The van der Waals surface area contributed by atoms with Gasteiger partial charge < -0.3 is 15.5 Å². The number of carbonyl (C=O) groups excluding carboxylic acids is 1. The molecule has 106 valence electrons. The summed E-state index contributed by atoms with van der Waals surface area (Å²) in [6.45, 7) is 2.95. The summed E-state index contributed by atoms with van der Waals surface area (Å²) < 4.78 is 1.65.